The van der Waals surface area contributed by atoms with Gasteiger partial charge in [-0.3, -0.25) is 0 Å². The first kappa shape index (κ1) is 15.6. The van der Waals surface area contributed by atoms with Crippen molar-refractivity contribution in [2.75, 3.05) is 20.8 Å². The Labute approximate surface area is 126 Å². The van der Waals surface area contributed by atoms with Crippen LogP contribution in [0.4, 0.5) is 0 Å². The first-order valence-electron chi connectivity index (χ1n) is 7.30. The molecule has 0 radical (unpaired) electrons. The van der Waals surface area contributed by atoms with Crippen LogP contribution in [0.25, 0.3) is 0 Å². The lowest BCUT2D eigenvalue weighted by atomic mass is 9.77. The molecule has 1 aliphatic rings. The number of nitrogens with one attached hydrogen (secondary N) is 1. The van der Waals surface area contributed by atoms with Gasteiger partial charge in [-0.05, 0) is 56.8 Å². The van der Waals surface area contributed by atoms with Crippen molar-refractivity contribution in [1.82, 2.24) is 5.32 Å². The molecule has 4 heteroatoms. The molecule has 2 rings (SSSR count). The van der Waals surface area contributed by atoms with E-state index in [9.17, 15) is 0 Å². The molecule has 3 nitrogen and oxygen atoms in total. The number of halogens is 1. The Bertz CT molecular complexity index is 432. The Kier molecular flexibility index (Phi) is 5.70. The minimum atomic E-state index is 0.339. The summed E-state index contributed by atoms with van der Waals surface area (Å²) in [5, 5.41) is 4.06. The summed E-state index contributed by atoms with van der Waals surface area (Å²) in [5.74, 6) is 1.47. The number of rotatable bonds is 7. The lowest BCUT2D eigenvalue weighted by Gasteiger charge is -2.37. The molecule has 1 saturated carbocycles. The van der Waals surface area contributed by atoms with Crippen LogP contribution < -0.4 is 10.1 Å². The number of hydrogen-bond donors (Lipinski definition) is 1. The van der Waals surface area contributed by atoms with Crippen LogP contribution in [0.1, 0.15) is 37.8 Å². The number of hydrogen-bond acceptors (Lipinski definition) is 3. The van der Waals surface area contributed by atoms with Gasteiger partial charge < -0.3 is 14.8 Å². The molecule has 0 amide bonds. The van der Waals surface area contributed by atoms with E-state index in [1.807, 2.05) is 19.2 Å². The average Bonchev–Trinajstić information content (AvgIpc) is 2.41. The topological polar surface area (TPSA) is 30.5 Å². The second-order valence-corrected chi connectivity index (χ2v) is 5.79. The summed E-state index contributed by atoms with van der Waals surface area (Å²) in [5.41, 5.74) is 1.22. The van der Waals surface area contributed by atoms with Crippen LogP contribution in [-0.4, -0.2) is 26.9 Å². The quantitative estimate of drug-likeness (QED) is 0.830. The average molecular weight is 298 g/mol. The van der Waals surface area contributed by atoms with Crippen molar-refractivity contribution < 1.29 is 9.47 Å². The second kappa shape index (κ2) is 7.30. The minimum Gasteiger partial charge on any atom is -0.495 e. The Balaban J connectivity index is 1.93. The Morgan fingerprint density at radius 2 is 2.15 bits per heavy atom. The maximum Gasteiger partial charge on any atom is 0.137 e. The van der Waals surface area contributed by atoms with E-state index < -0.39 is 0 Å². The van der Waals surface area contributed by atoms with Crippen LogP contribution in [0.3, 0.4) is 0 Å². The number of methoxy groups -OCH3 is 1. The molecular weight excluding hydrogens is 274 g/mol. The number of ether oxygens (including phenoxy) is 2. The van der Waals surface area contributed by atoms with Gasteiger partial charge in [0.05, 0.1) is 18.2 Å². The Hall–Kier alpha value is -0.770. The molecule has 0 bridgehead atoms. The lowest BCUT2D eigenvalue weighted by Crippen LogP contribution is -2.34. The SMILES string of the molecule is CCOC1CC(CC(NC)c2ccc(OC)c(Cl)c2)C1. The zero-order valence-corrected chi connectivity index (χ0v) is 13.2. The third kappa shape index (κ3) is 3.66. The van der Waals surface area contributed by atoms with Gasteiger partial charge in [0.15, 0.2) is 0 Å². The molecular formula is C16H24ClNO2. The van der Waals surface area contributed by atoms with E-state index in [0.29, 0.717) is 17.2 Å². The van der Waals surface area contributed by atoms with Gasteiger partial charge in [-0.2, -0.15) is 0 Å². The third-order valence-electron chi connectivity index (χ3n) is 4.09. The monoisotopic (exact) mass is 297 g/mol. The summed E-state index contributed by atoms with van der Waals surface area (Å²) in [4.78, 5) is 0. The van der Waals surface area contributed by atoms with Crippen molar-refractivity contribution in [2.45, 2.75) is 38.3 Å². The summed E-state index contributed by atoms with van der Waals surface area (Å²) in [6, 6.07) is 6.36. The van der Waals surface area contributed by atoms with E-state index in [4.69, 9.17) is 21.1 Å². The molecule has 0 heterocycles. The third-order valence-corrected chi connectivity index (χ3v) is 4.39. The molecule has 1 unspecified atom stereocenters. The molecule has 20 heavy (non-hydrogen) atoms. The molecule has 0 spiro atoms. The molecule has 1 aliphatic carbocycles. The van der Waals surface area contributed by atoms with E-state index >= 15 is 0 Å². The first-order valence-corrected chi connectivity index (χ1v) is 7.68. The molecule has 1 aromatic rings. The molecule has 1 N–H and O–H groups in total. The van der Waals surface area contributed by atoms with Gasteiger partial charge in [0.2, 0.25) is 0 Å². The van der Waals surface area contributed by atoms with Crippen LogP contribution in [0.5, 0.6) is 5.75 Å². The largest absolute Gasteiger partial charge is 0.495 e. The molecule has 0 saturated heterocycles. The van der Waals surface area contributed by atoms with Crippen molar-refractivity contribution in [3.8, 4) is 5.75 Å². The van der Waals surface area contributed by atoms with E-state index in [2.05, 4.69) is 18.3 Å². The molecule has 1 atom stereocenters. The molecule has 1 fully saturated rings. The standard InChI is InChI=1S/C16H24ClNO2/c1-4-20-13-7-11(8-13)9-15(18-2)12-5-6-16(19-3)14(17)10-12/h5-6,10-11,13,15,18H,4,7-9H2,1-3H3. The smallest absolute Gasteiger partial charge is 0.137 e. The Morgan fingerprint density at radius 3 is 2.70 bits per heavy atom. The summed E-state index contributed by atoms with van der Waals surface area (Å²) < 4.78 is 10.8. The van der Waals surface area contributed by atoms with Crippen molar-refractivity contribution in [1.29, 1.82) is 0 Å². The second-order valence-electron chi connectivity index (χ2n) is 5.39. The molecule has 0 aliphatic heterocycles. The van der Waals surface area contributed by atoms with Gasteiger partial charge >= 0.3 is 0 Å². The highest BCUT2D eigenvalue weighted by Crippen LogP contribution is 2.38. The maximum atomic E-state index is 6.21. The van der Waals surface area contributed by atoms with Crippen LogP contribution in [0.15, 0.2) is 18.2 Å². The zero-order chi connectivity index (χ0) is 14.5. The fraction of sp³-hybridized carbons (Fsp3) is 0.625. The summed E-state index contributed by atoms with van der Waals surface area (Å²) in [7, 11) is 3.64. The van der Waals surface area contributed by atoms with Gasteiger partial charge in [-0.15, -0.1) is 0 Å². The molecule has 0 aromatic heterocycles. The first-order chi connectivity index (χ1) is 9.67. The van der Waals surface area contributed by atoms with Crippen molar-refractivity contribution in [3.05, 3.63) is 28.8 Å². The van der Waals surface area contributed by atoms with Crippen LogP contribution in [0.2, 0.25) is 5.02 Å². The highest BCUT2D eigenvalue weighted by atomic mass is 35.5. The maximum absolute atomic E-state index is 6.21. The van der Waals surface area contributed by atoms with Gasteiger partial charge in [-0.25, -0.2) is 0 Å². The van der Waals surface area contributed by atoms with E-state index in [1.54, 1.807) is 7.11 Å². The summed E-state index contributed by atoms with van der Waals surface area (Å²) in [6.45, 7) is 2.88. The van der Waals surface area contributed by atoms with Crippen molar-refractivity contribution in [3.63, 3.8) is 0 Å². The van der Waals surface area contributed by atoms with Crippen LogP contribution in [-0.2, 0) is 4.74 Å². The van der Waals surface area contributed by atoms with E-state index in [-0.39, 0.29) is 0 Å². The van der Waals surface area contributed by atoms with Crippen molar-refractivity contribution in [2.24, 2.45) is 5.92 Å². The fourth-order valence-electron chi connectivity index (χ4n) is 2.89. The normalized spacial score (nSPS) is 23.2. The van der Waals surface area contributed by atoms with Gasteiger partial charge in [0.1, 0.15) is 5.75 Å². The zero-order valence-electron chi connectivity index (χ0n) is 12.5. The van der Waals surface area contributed by atoms with Gasteiger partial charge in [0.25, 0.3) is 0 Å². The predicted octanol–water partition coefficient (Wildman–Crippen LogP) is 3.81. The van der Waals surface area contributed by atoms with Crippen LogP contribution in [0, 0.1) is 5.92 Å². The predicted molar refractivity (Wildman–Crippen MR) is 82.6 cm³/mol. The summed E-state index contributed by atoms with van der Waals surface area (Å²) >= 11 is 6.21. The fourth-order valence-corrected chi connectivity index (χ4v) is 3.16. The number of benzene rings is 1. The highest BCUT2D eigenvalue weighted by molar-refractivity contribution is 6.32. The molecule has 1 aromatic carbocycles. The highest BCUT2D eigenvalue weighted by Gasteiger charge is 2.31. The lowest BCUT2D eigenvalue weighted by molar-refractivity contribution is -0.0289. The minimum absolute atomic E-state index is 0.339. The van der Waals surface area contributed by atoms with Gasteiger partial charge in [0, 0.05) is 12.6 Å². The molecule has 112 valence electrons. The van der Waals surface area contributed by atoms with Gasteiger partial charge in [-0.1, -0.05) is 17.7 Å². The van der Waals surface area contributed by atoms with E-state index in [0.717, 1.165) is 24.7 Å². The van der Waals surface area contributed by atoms with Crippen LogP contribution >= 0.6 is 11.6 Å². The Morgan fingerprint density at radius 1 is 1.40 bits per heavy atom. The van der Waals surface area contributed by atoms with E-state index in [1.165, 1.54) is 18.4 Å². The summed E-state index contributed by atoms with van der Waals surface area (Å²) in [6.07, 6.45) is 3.95. The van der Waals surface area contributed by atoms with Crippen molar-refractivity contribution >= 4 is 11.6 Å².